The number of nitrogens with one attached hydrogen (secondary N) is 2. The number of nitrogens with two attached hydrogens (primary N) is 1. The van der Waals surface area contributed by atoms with E-state index in [4.69, 9.17) is 17.3 Å². The highest BCUT2D eigenvalue weighted by Crippen LogP contribution is 2.20. The van der Waals surface area contributed by atoms with E-state index in [1.807, 2.05) is 20.2 Å². The normalized spacial score (nSPS) is 10.3. The lowest BCUT2D eigenvalue weighted by Gasteiger charge is -2.08. The van der Waals surface area contributed by atoms with Crippen molar-refractivity contribution < 1.29 is 9.59 Å². The largest absolute Gasteiger partial charge is 0.366 e. The van der Waals surface area contributed by atoms with E-state index in [0.717, 1.165) is 11.3 Å². The maximum Gasteiger partial charge on any atom is 0.319 e. The summed E-state index contributed by atoms with van der Waals surface area (Å²) in [6.45, 7) is 2.23. The van der Waals surface area contributed by atoms with Crippen molar-refractivity contribution in [2.24, 2.45) is 12.8 Å². The molecule has 0 saturated heterocycles. The number of carbonyl (C=O) groups excluding carboxylic acids is 2. The third-order valence-electron chi connectivity index (χ3n) is 3.05. The van der Waals surface area contributed by atoms with Gasteiger partial charge in [-0.05, 0) is 25.1 Å². The van der Waals surface area contributed by atoms with Crippen LogP contribution in [-0.2, 0) is 13.6 Å². The first-order valence-electron chi connectivity index (χ1n) is 6.50. The molecule has 0 fully saturated rings. The van der Waals surface area contributed by atoms with E-state index in [-0.39, 0.29) is 16.6 Å². The van der Waals surface area contributed by atoms with Gasteiger partial charge in [0.2, 0.25) is 5.91 Å². The summed E-state index contributed by atoms with van der Waals surface area (Å²) in [6.07, 6.45) is 1.84. The summed E-state index contributed by atoms with van der Waals surface area (Å²) < 4.78 is 1.69. The SMILES string of the molecule is Cc1nn(C)cc1CNC(=O)Nc1ccc(C(N)=O)c(Cl)c1. The van der Waals surface area contributed by atoms with Crippen molar-refractivity contribution in [3.8, 4) is 0 Å². The van der Waals surface area contributed by atoms with Gasteiger partial charge in [0.05, 0.1) is 16.3 Å². The quantitative estimate of drug-likeness (QED) is 0.800. The predicted molar refractivity (Wildman–Crippen MR) is 83.8 cm³/mol. The van der Waals surface area contributed by atoms with Crippen LogP contribution in [0.15, 0.2) is 24.4 Å². The van der Waals surface area contributed by atoms with E-state index in [1.54, 1.807) is 10.7 Å². The molecule has 0 aliphatic rings. The van der Waals surface area contributed by atoms with Crippen LogP contribution in [0.3, 0.4) is 0 Å². The van der Waals surface area contributed by atoms with Crippen LogP contribution in [0.25, 0.3) is 0 Å². The van der Waals surface area contributed by atoms with Gasteiger partial charge in [0.15, 0.2) is 0 Å². The van der Waals surface area contributed by atoms with Gasteiger partial charge in [-0.1, -0.05) is 11.6 Å². The summed E-state index contributed by atoms with van der Waals surface area (Å²) in [6, 6.07) is 4.11. The summed E-state index contributed by atoms with van der Waals surface area (Å²) in [5, 5.41) is 9.73. The van der Waals surface area contributed by atoms with Crippen LogP contribution >= 0.6 is 11.6 Å². The lowest BCUT2D eigenvalue weighted by atomic mass is 10.2. The number of anilines is 1. The lowest BCUT2D eigenvalue weighted by Crippen LogP contribution is -2.28. The molecule has 2 aromatic rings. The summed E-state index contributed by atoms with van der Waals surface area (Å²) in [7, 11) is 1.82. The molecule has 4 N–H and O–H groups in total. The van der Waals surface area contributed by atoms with E-state index in [0.29, 0.717) is 12.2 Å². The minimum atomic E-state index is -0.618. The topological polar surface area (TPSA) is 102 Å². The third kappa shape index (κ3) is 3.76. The number of hydrogen-bond acceptors (Lipinski definition) is 3. The molecule has 22 heavy (non-hydrogen) atoms. The Bertz CT molecular complexity index is 726. The van der Waals surface area contributed by atoms with E-state index < -0.39 is 5.91 Å². The van der Waals surface area contributed by atoms with Crippen molar-refractivity contribution in [2.75, 3.05) is 5.32 Å². The molecule has 0 bridgehead atoms. The number of carbonyl (C=O) groups is 2. The molecular formula is C14H16ClN5O2. The number of hydrogen-bond donors (Lipinski definition) is 3. The van der Waals surface area contributed by atoms with Gasteiger partial charge in [-0.2, -0.15) is 5.10 Å². The number of urea groups is 1. The van der Waals surface area contributed by atoms with Crippen molar-refractivity contribution >= 4 is 29.2 Å². The molecule has 8 heteroatoms. The molecule has 1 aromatic carbocycles. The van der Waals surface area contributed by atoms with Gasteiger partial charge in [0.25, 0.3) is 0 Å². The molecule has 116 valence electrons. The Morgan fingerprint density at radius 1 is 1.41 bits per heavy atom. The van der Waals surface area contributed by atoms with Gasteiger partial charge >= 0.3 is 6.03 Å². The lowest BCUT2D eigenvalue weighted by molar-refractivity contribution is 0.100. The average molecular weight is 322 g/mol. The summed E-state index contributed by atoms with van der Waals surface area (Å²) >= 11 is 5.92. The van der Waals surface area contributed by atoms with Crippen LogP contribution in [-0.4, -0.2) is 21.7 Å². The second kappa shape index (κ2) is 6.48. The molecule has 1 heterocycles. The Morgan fingerprint density at radius 3 is 2.68 bits per heavy atom. The Morgan fingerprint density at radius 2 is 2.14 bits per heavy atom. The number of aryl methyl sites for hydroxylation is 2. The number of halogens is 1. The maximum absolute atomic E-state index is 11.8. The summed E-state index contributed by atoms with van der Waals surface area (Å²) in [5.74, 6) is -0.618. The average Bonchev–Trinajstić information content (AvgIpc) is 2.74. The number of nitrogens with zero attached hydrogens (tertiary/aromatic N) is 2. The molecule has 0 radical (unpaired) electrons. The van der Waals surface area contributed by atoms with Gasteiger partial charge in [-0.25, -0.2) is 4.79 Å². The van der Waals surface area contributed by atoms with Crippen LogP contribution in [0.2, 0.25) is 5.02 Å². The van der Waals surface area contributed by atoms with Crippen molar-refractivity contribution in [1.29, 1.82) is 0 Å². The molecule has 0 aliphatic carbocycles. The van der Waals surface area contributed by atoms with Crippen LogP contribution < -0.4 is 16.4 Å². The summed E-state index contributed by atoms with van der Waals surface area (Å²) in [5.41, 5.74) is 7.63. The minimum absolute atomic E-state index is 0.188. The molecule has 0 atom stereocenters. The monoisotopic (exact) mass is 321 g/mol. The molecule has 7 nitrogen and oxygen atoms in total. The smallest absolute Gasteiger partial charge is 0.319 e. The highest BCUT2D eigenvalue weighted by molar-refractivity contribution is 6.34. The number of amides is 3. The van der Waals surface area contributed by atoms with Crippen molar-refractivity contribution in [1.82, 2.24) is 15.1 Å². The molecule has 0 spiro atoms. The van der Waals surface area contributed by atoms with E-state index in [1.165, 1.54) is 12.1 Å². The number of rotatable bonds is 4. The van der Waals surface area contributed by atoms with E-state index in [9.17, 15) is 9.59 Å². The number of aromatic nitrogens is 2. The molecule has 2 rings (SSSR count). The van der Waals surface area contributed by atoms with Crippen molar-refractivity contribution in [3.05, 3.63) is 46.2 Å². The highest BCUT2D eigenvalue weighted by Gasteiger charge is 2.09. The Kier molecular flexibility index (Phi) is 4.67. The van der Waals surface area contributed by atoms with Crippen LogP contribution in [0, 0.1) is 6.92 Å². The van der Waals surface area contributed by atoms with E-state index in [2.05, 4.69) is 15.7 Å². The van der Waals surface area contributed by atoms with Gasteiger partial charge in [-0.15, -0.1) is 0 Å². The van der Waals surface area contributed by atoms with Crippen LogP contribution in [0.5, 0.6) is 0 Å². The van der Waals surface area contributed by atoms with Crippen molar-refractivity contribution in [2.45, 2.75) is 13.5 Å². The minimum Gasteiger partial charge on any atom is -0.366 e. The van der Waals surface area contributed by atoms with Gasteiger partial charge in [-0.3, -0.25) is 9.48 Å². The molecule has 0 saturated carbocycles. The Hall–Kier alpha value is -2.54. The second-order valence-corrected chi connectivity index (χ2v) is 5.19. The Balaban J connectivity index is 1.96. The molecular weight excluding hydrogens is 306 g/mol. The molecule has 1 aromatic heterocycles. The number of benzene rings is 1. The zero-order chi connectivity index (χ0) is 16.3. The third-order valence-corrected chi connectivity index (χ3v) is 3.36. The maximum atomic E-state index is 11.8. The Labute approximate surface area is 132 Å². The first kappa shape index (κ1) is 15.8. The van der Waals surface area contributed by atoms with E-state index >= 15 is 0 Å². The highest BCUT2D eigenvalue weighted by atomic mass is 35.5. The van der Waals surface area contributed by atoms with Crippen molar-refractivity contribution in [3.63, 3.8) is 0 Å². The van der Waals surface area contributed by atoms with Gasteiger partial charge < -0.3 is 16.4 Å². The van der Waals surface area contributed by atoms with Gasteiger partial charge in [0.1, 0.15) is 0 Å². The first-order chi connectivity index (χ1) is 10.4. The fraction of sp³-hybridized carbons (Fsp3) is 0.214. The number of primary amides is 1. The fourth-order valence-electron chi connectivity index (χ4n) is 1.97. The molecule has 0 unspecified atom stereocenters. The first-order valence-corrected chi connectivity index (χ1v) is 6.88. The fourth-order valence-corrected chi connectivity index (χ4v) is 2.24. The van der Waals surface area contributed by atoms with Crippen LogP contribution in [0.4, 0.5) is 10.5 Å². The predicted octanol–water partition coefficient (Wildman–Crippen LogP) is 1.80. The second-order valence-electron chi connectivity index (χ2n) is 4.78. The summed E-state index contributed by atoms with van der Waals surface area (Å²) in [4.78, 5) is 22.9. The van der Waals surface area contributed by atoms with Gasteiger partial charge in [0, 0.05) is 31.0 Å². The standard InChI is InChI=1S/C14H16ClN5O2/c1-8-9(7-20(2)19-8)6-17-14(22)18-10-3-4-11(13(16)21)12(15)5-10/h3-5,7H,6H2,1-2H3,(H2,16,21)(H2,17,18,22). The van der Waals surface area contributed by atoms with Crippen LogP contribution in [0.1, 0.15) is 21.6 Å². The molecule has 0 aliphatic heterocycles. The zero-order valence-corrected chi connectivity index (χ0v) is 12.9. The zero-order valence-electron chi connectivity index (χ0n) is 12.2. The molecule has 3 amide bonds.